The van der Waals surface area contributed by atoms with Crippen LogP contribution >= 0.6 is 0 Å². The van der Waals surface area contributed by atoms with Crippen molar-refractivity contribution in [2.24, 2.45) is 11.8 Å². The fourth-order valence-corrected chi connectivity index (χ4v) is 2.78. The second-order valence-corrected chi connectivity index (χ2v) is 5.90. The molecule has 0 saturated carbocycles. The highest BCUT2D eigenvalue weighted by molar-refractivity contribution is 5.97. The first-order valence-corrected chi connectivity index (χ1v) is 7.18. The summed E-state index contributed by atoms with van der Waals surface area (Å²) in [6.07, 6.45) is 2.16. The van der Waals surface area contributed by atoms with E-state index in [4.69, 9.17) is 0 Å². The number of likely N-dealkylation sites (tertiary alicyclic amines) is 1. The van der Waals surface area contributed by atoms with E-state index < -0.39 is 11.6 Å². The molecule has 0 aliphatic carbocycles. The molecule has 1 saturated heterocycles. The minimum Gasteiger partial charge on any atom is -0.296 e. The van der Waals surface area contributed by atoms with Crippen LogP contribution in [0.1, 0.15) is 37.0 Å². The first kappa shape index (κ1) is 15.1. The Labute approximate surface area is 118 Å². The van der Waals surface area contributed by atoms with Gasteiger partial charge in [0.05, 0.1) is 12.1 Å². The number of halogens is 2. The van der Waals surface area contributed by atoms with Gasteiger partial charge in [0.1, 0.15) is 11.6 Å². The van der Waals surface area contributed by atoms with Crippen molar-refractivity contribution in [1.82, 2.24) is 4.90 Å². The normalized spacial score (nSPS) is 17.6. The number of carbonyl (C=O) groups is 1. The molecular formula is C16H21F2NO. The number of benzene rings is 1. The van der Waals surface area contributed by atoms with Crippen LogP contribution in [0.15, 0.2) is 18.2 Å². The number of Topliss-reactive ketones (excluding diaryl/α,β-unsaturated/α-hetero) is 1. The summed E-state index contributed by atoms with van der Waals surface area (Å²) >= 11 is 0. The van der Waals surface area contributed by atoms with Gasteiger partial charge in [-0.05, 0) is 49.9 Å². The van der Waals surface area contributed by atoms with E-state index in [1.54, 1.807) is 0 Å². The molecule has 0 N–H and O–H groups in total. The maximum Gasteiger partial charge on any atom is 0.179 e. The molecule has 0 bridgehead atoms. The van der Waals surface area contributed by atoms with Crippen molar-refractivity contribution in [3.05, 3.63) is 35.4 Å². The highest BCUT2D eigenvalue weighted by atomic mass is 19.1. The smallest absolute Gasteiger partial charge is 0.179 e. The second-order valence-electron chi connectivity index (χ2n) is 5.90. The molecule has 1 aromatic carbocycles. The number of piperidine rings is 1. The first-order valence-electron chi connectivity index (χ1n) is 7.18. The number of hydrogen-bond donors (Lipinski definition) is 0. The fraction of sp³-hybridized carbons (Fsp3) is 0.562. The molecule has 2 rings (SSSR count). The summed E-state index contributed by atoms with van der Waals surface area (Å²) in [7, 11) is 0. The standard InChI is InChI=1S/C16H21F2NO/c1-11(2)12-5-7-19(8-6-12)10-16(20)14-4-3-13(17)9-15(14)18/h3-4,9,11-12H,5-8,10H2,1-2H3. The Kier molecular flexibility index (Phi) is 4.86. The monoisotopic (exact) mass is 281 g/mol. The predicted molar refractivity (Wildman–Crippen MR) is 74.7 cm³/mol. The predicted octanol–water partition coefficient (Wildman–Crippen LogP) is 3.52. The summed E-state index contributed by atoms with van der Waals surface area (Å²) in [4.78, 5) is 14.1. The van der Waals surface area contributed by atoms with E-state index in [2.05, 4.69) is 18.7 Å². The Morgan fingerprint density at radius 1 is 1.30 bits per heavy atom. The Morgan fingerprint density at radius 2 is 1.95 bits per heavy atom. The van der Waals surface area contributed by atoms with Crippen molar-refractivity contribution in [2.75, 3.05) is 19.6 Å². The third-order valence-electron chi connectivity index (χ3n) is 4.17. The average Bonchev–Trinajstić information content (AvgIpc) is 2.39. The van der Waals surface area contributed by atoms with Crippen LogP contribution in [0.4, 0.5) is 8.78 Å². The Hall–Kier alpha value is -1.29. The van der Waals surface area contributed by atoms with Crippen molar-refractivity contribution in [1.29, 1.82) is 0 Å². The number of rotatable bonds is 4. The van der Waals surface area contributed by atoms with Crippen LogP contribution in [0.3, 0.4) is 0 Å². The highest BCUT2D eigenvalue weighted by Crippen LogP contribution is 2.24. The van der Waals surface area contributed by atoms with Crippen molar-refractivity contribution in [3.8, 4) is 0 Å². The second kappa shape index (κ2) is 6.44. The minimum absolute atomic E-state index is 0.0163. The summed E-state index contributed by atoms with van der Waals surface area (Å²) in [5.41, 5.74) is -0.0163. The van der Waals surface area contributed by atoms with Crippen molar-refractivity contribution >= 4 is 5.78 Å². The molecule has 2 nitrogen and oxygen atoms in total. The van der Waals surface area contributed by atoms with Crippen molar-refractivity contribution in [3.63, 3.8) is 0 Å². The van der Waals surface area contributed by atoms with Crippen molar-refractivity contribution in [2.45, 2.75) is 26.7 Å². The SMILES string of the molecule is CC(C)C1CCN(CC(=O)c2ccc(F)cc2F)CC1. The van der Waals surface area contributed by atoms with Gasteiger partial charge in [0.25, 0.3) is 0 Å². The van der Waals surface area contributed by atoms with Crippen LogP contribution in [0.25, 0.3) is 0 Å². The molecule has 1 aliphatic rings. The molecule has 1 fully saturated rings. The topological polar surface area (TPSA) is 20.3 Å². The summed E-state index contributed by atoms with van der Waals surface area (Å²) in [5.74, 6) is -0.319. The summed E-state index contributed by atoms with van der Waals surface area (Å²) < 4.78 is 26.4. The Balaban J connectivity index is 1.92. The molecule has 20 heavy (non-hydrogen) atoms. The van der Waals surface area contributed by atoms with E-state index in [0.29, 0.717) is 11.8 Å². The summed E-state index contributed by atoms with van der Waals surface area (Å²) in [5, 5.41) is 0. The summed E-state index contributed by atoms with van der Waals surface area (Å²) in [6.45, 7) is 6.40. The molecule has 0 aromatic heterocycles. The van der Waals surface area contributed by atoms with Crippen LogP contribution in [0.2, 0.25) is 0 Å². The van der Waals surface area contributed by atoms with E-state index in [0.717, 1.165) is 38.1 Å². The zero-order chi connectivity index (χ0) is 14.7. The lowest BCUT2D eigenvalue weighted by atomic mass is 9.86. The van der Waals surface area contributed by atoms with Gasteiger partial charge in [0, 0.05) is 6.07 Å². The molecule has 0 amide bonds. The molecule has 0 unspecified atom stereocenters. The largest absolute Gasteiger partial charge is 0.296 e. The lowest BCUT2D eigenvalue weighted by Gasteiger charge is -2.33. The first-order chi connectivity index (χ1) is 9.47. The van der Waals surface area contributed by atoms with Gasteiger partial charge in [-0.1, -0.05) is 13.8 Å². The van der Waals surface area contributed by atoms with Crippen LogP contribution in [0.5, 0.6) is 0 Å². The summed E-state index contributed by atoms with van der Waals surface area (Å²) in [6, 6.07) is 3.12. The minimum atomic E-state index is -0.771. The third kappa shape index (κ3) is 3.63. The van der Waals surface area contributed by atoms with Crippen LogP contribution in [-0.4, -0.2) is 30.3 Å². The number of carbonyl (C=O) groups excluding carboxylic acids is 1. The molecule has 1 aromatic rings. The lowest BCUT2D eigenvalue weighted by molar-refractivity contribution is 0.0876. The molecule has 4 heteroatoms. The number of ketones is 1. The number of nitrogens with zero attached hydrogens (tertiary/aromatic N) is 1. The average molecular weight is 281 g/mol. The van der Waals surface area contributed by atoms with E-state index >= 15 is 0 Å². The molecular weight excluding hydrogens is 260 g/mol. The molecule has 0 spiro atoms. The van der Waals surface area contributed by atoms with E-state index in [1.807, 2.05) is 0 Å². The van der Waals surface area contributed by atoms with Gasteiger partial charge in [-0.3, -0.25) is 9.69 Å². The van der Waals surface area contributed by atoms with Crippen LogP contribution in [0, 0.1) is 23.5 Å². The van der Waals surface area contributed by atoms with Gasteiger partial charge in [-0.15, -0.1) is 0 Å². The molecule has 0 radical (unpaired) electrons. The van der Waals surface area contributed by atoms with Gasteiger partial charge in [-0.2, -0.15) is 0 Å². The van der Waals surface area contributed by atoms with Gasteiger partial charge in [0.15, 0.2) is 5.78 Å². The Bertz CT molecular complexity index is 479. The van der Waals surface area contributed by atoms with Crippen LogP contribution in [-0.2, 0) is 0 Å². The lowest BCUT2D eigenvalue weighted by Crippen LogP contribution is -2.38. The molecule has 1 aliphatic heterocycles. The van der Waals surface area contributed by atoms with Gasteiger partial charge >= 0.3 is 0 Å². The van der Waals surface area contributed by atoms with Gasteiger partial charge in [0.2, 0.25) is 0 Å². The highest BCUT2D eigenvalue weighted by Gasteiger charge is 2.23. The molecule has 0 atom stereocenters. The van der Waals surface area contributed by atoms with E-state index in [1.165, 1.54) is 6.07 Å². The fourth-order valence-electron chi connectivity index (χ4n) is 2.78. The maximum atomic E-state index is 13.5. The van der Waals surface area contributed by atoms with E-state index in [9.17, 15) is 13.6 Å². The maximum absolute atomic E-state index is 13.5. The zero-order valence-electron chi connectivity index (χ0n) is 12.0. The van der Waals surface area contributed by atoms with E-state index in [-0.39, 0.29) is 17.9 Å². The van der Waals surface area contributed by atoms with Gasteiger partial charge in [-0.25, -0.2) is 8.78 Å². The van der Waals surface area contributed by atoms with Crippen LogP contribution < -0.4 is 0 Å². The quantitative estimate of drug-likeness (QED) is 0.787. The molecule has 1 heterocycles. The van der Waals surface area contributed by atoms with Gasteiger partial charge < -0.3 is 0 Å². The van der Waals surface area contributed by atoms with Crippen molar-refractivity contribution < 1.29 is 13.6 Å². The molecule has 110 valence electrons. The number of hydrogen-bond acceptors (Lipinski definition) is 2. The third-order valence-corrected chi connectivity index (χ3v) is 4.17. The zero-order valence-corrected chi connectivity index (χ0v) is 12.0. The Morgan fingerprint density at radius 3 is 2.50 bits per heavy atom.